The van der Waals surface area contributed by atoms with Crippen molar-refractivity contribution in [3.63, 3.8) is 0 Å². The molecule has 2 nitrogen and oxygen atoms in total. The number of ketones is 1. The van der Waals surface area contributed by atoms with Crippen molar-refractivity contribution in [2.75, 3.05) is 6.61 Å². The number of hydrogen-bond donors (Lipinski definition) is 0. The molecule has 2 aromatic rings. The number of carbonyl (C=O) groups excluding carboxylic acids is 1. The van der Waals surface area contributed by atoms with Crippen molar-refractivity contribution >= 4 is 11.9 Å². The van der Waals surface area contributed by atoms with Crippen LogP contribution >= 0.6 is 0 Å². The van der Waals surface area contributed by atoms with Gasteiger partial charge in [0.2, 0.25) is 0 Å². The van der Waals surface area contributed by atoms with Crippen LogP contribution in [0.1, 0.15) is 29.8 Å². The van der Waals surface area contributed by atoms with Crippen molar-refractivity contribution in [2.24, 2.45) is 0 Å². The van der Waals surface area contributed by atoms with Gasteiger partial charge in [-0.05, 0) is 43.7 Å². The first-order chi connectivity index (χ1) is 10.6. The molecule has 0 unspecified atom stereocenters. The van der Waals surface area contributed by atoms with Crippen LogP contribution in [0.15, 0.2) is 72.3 Å². The van der Waals surface area contributed by atoms with E-state index in [-0.39, 0.29) is 5.78 Å². The summed E-state index contributed by atoms with van der Waals surface area (Å²) in [5.74, 6) is 0.827. The maximum Gasteiger partial charge on any atom is 0.185 e. The zero-order valence-corrected chi connectivity index (χ0v) is 13.0. The SMILES string of the molecule is CC(C)=CCOc1ccc(C=CC(=O)c2ccccc2)cc1. The minimum Gasteiger partial charge on any atom is -0.490 e. The molecular formula is C20H20O2. The summed E-state index contributed by atoms with van der Waals surface area (Å²) < 4.78 is 5.60. The van der Waals surface area contributed by atoms with Crippen LogP contribution in [0.2, 0.25) is 0 Å². The molecule has 0 amide bonds. The standard InChI is InChI=1S/C20H20O2/c1-16(2)14-15-22-19-11-8-17(9-12-19)10-13-20(21)18-6-4-3-5-7-18/h3-14H,15H2,1-2H3. The molecule has 0 aliphatic rings. The normalized spacial score (nSPS) is 10.5. The van der Waals surface area contributed by atoms with Crippen LogP contribution in [0.3, 0.4) is 0 Å². The highest BCUT2D eigenvalue weighted by Crippen LogP contribution is 2.14. The lowest BCUT2D eigenvalue weighted by atomic mass is 10.1. The van der Waals surface area contributed by atoms with Gasteiger partial charge in [0, 0.05) is 5.56 Å². The summed E-state index contributed by atoms with van der Waals surface area (Å²) in [5.41, 5.74) is 2.90. The van der Waals surface area contributed by atoms with Crippen molar-refractivity contribution in [1.29, 1.82) is 0 Å². The van der Waals surface area contributed by atoms with Crippen molar-refractivity contribution in [2.45, 2.75) is 13.8 Å². The summed E-state index contributed by atoms with van der Waals surface area (Å²) in [5, 5.41) is 0. The molecule has 0 spiro atoms. The average Bonchev–Trinajstić information content (AvgIpc) is 2.54. The van der Waals surface area contributed by atoms with Gasteiger partial charge in [0.25, 0.3) is 0 Å². The first kappa shape index (κ1) is 15.8. The molecule has 0 atom stereocenters. The van der Waals surface area contributed by atoms with E-state index < -0.39 is 0 Å². The van der Waals surface area contributed by atoms with E-state index in [1.54, 1.807) is 6.08 Å². The van der Waals surface area contributed by atoms with Gasteiger partial charge in [0.1, 0.15) is 12.4 Å². The lowest BCUT2D eigenvalue weighted by Gasteiger charge is -2.03. The number of allylic oxidation sites excluding steroid dienone is 2. The molecular weight excluding hydrogens is 272 g/mol. The summed E-state index contributed by atoms with van der Waals surface area (Å²) in [6, 6.07) is 16.9. The molecule has 0 aliphatic carbocycles. The van der Waals surface area contributed by atoms with Crippen molar-refractivity contribution in [3.8, 4) is 5.75 Å². The quantitative estimate of drug-likeness (QED) is 0.429. The Morgan fingerprint density at radius 2 is 1.68 bits per heavy atom. The number of hydrogen-bond acceptors (Lipinski definition) is 2. The minimum absolute atomic E-state index is 0.00415. The molecule has 22 heavy (non-hydrogen) atoms. The van der Waals surface area contributed by atoms with Gasteiger partial charge in [0.15, 0.2) is 5.78 Å². The predicted octanol–water partition coefficient (Wildman–Crippen LogP) is 4.93. The fraction of sp³-hybridized carbons (Fsp3) is 0.150. The Bertz CT molecular complexity index is 661. The predicted molar refractivity (Wildman–Crippen MR) is 91.2 cm³/mol. The lowest BCUT2D eigenvalue weighted by molar-refractivity contribution is 0.104. The second-order valence-electron chi connectivity index (χ2n) is 5.23. The number of carbonyl (C=O) groups is 1. The third kappa shape index (κ3) is 5.06. The molecule has 0 N–H and O–H groups in total. The highest BCUT2D eigenvalue weighted by molar-refractivity contribution is 6.06. The van der Waals surface area contributed by atoms with Gasteiger partial charge in [-0.2, -0.15) is 0 Å². The van der Waals surface area contributed by atoms with Gasteiger partial charge < -0.3 is 4.74 Å². The molecule has 2 rings (SSSR count). The Morgan fingerprint density at radius 1 is 1.00 bits per heavy atom. The van der Waals surface area contributed by atoms with Crippen LogP contribution in [0.4, 0.5) is 0 Å². The third-order valence-corrected chi connectivity index (χ3v) is 3.11. The molecule has 2 aromatic carbocycles. The van der Waals surface area contributed by atoms with Crippen LogP contribution < -0.4 is 4.74 Å². The molecule has 0 aliphatic heterocycles. The summed E-state index contributed by atoms with van der Waals surface area (Å²) in [4.78, 5) is 12.0. The molecule has 0 aromatic heterocycles. The van der Waals surface area contributed by atoms with E-state index in [9.17, 15) is 4.79 Å². The van der Waals surface area contributed by atoms with Gasteiger partial charge in [-0.25, -0.2) is 0 Å². The number of ether oxygens (including phenoxy) is 1. The van der Waals surface area contributed by atoms with E-state index in [0.717, 1.165) is 11.3 Å². The van der Waals surface area contributed by atoms with E-state index in [4.69, 9.17) is 4.74 Å². The molecule has 0 saturated heterocycles. The van der Waals surface area contributed by atoms with E-state index in [1.165, 1.54) is 5.57 Å². The van der Waals surface area contributed by atoms with E-state index in [2.05, 4.69) is 0 Å². The van der Waals surface area contributed by atoms with Gasteiger partial charge in [-0.1, -0.05) is 54.1 Å². The van der Waals surface area contributed by atoms with Crippen LogP contribution in [0, 0.1) is 0 Å². The Morgan fingerprint density at radius 3 is 2.32 bits per heavy atom. The van der Waals surface area contributed by atoms with Gasteiger partial charge in [-0.15, -0.1) is 0 Å². The van der Waals surface area contributed by atoms with E-state index in [1.807, 2.05) is 80.6 Å². The van der Waals surface area contributed by atoms with Crippen LogP contribution in [-0.2, 0) is 0 Å². The first-order valence-electron chi connectivity index (χ1n) is 7.29. The molecule has 0 heterocycles. The second-order valence-corrected chi connectivity index (χ2v) is 5.23. The monoisotopic (exact) mass is 292 g/mol. The Labute approximate surface area is 131 Å². The molecule has 0 bridgehead atoms. The summed E-state index contributed by atoms with van der Waals surface area (Å²) >= 11 is 0. The van der Waals surface area contributed by atoms with Crippen molar-refractivity contribution in [3.05, 3.63) is 83.4 Å². The molecule has 0 radical (unpaired) electrons. The Kier molecular flexibility index (Phi) is 5.73. The summed E-state index contributed by atoms with van der Waals surface area (Å²) in [7, 11) is 0. The Hall–Kier alpha value is -2.61. The highest BCUT2D eigenvalue weighted by atomic mass is 16.5. The maximum atomic E-state index is 12.0. The molecule has 0 fully saturated rings. The zero-order chi connectivity index (χ0) is 15.8. The van der Waals surface area contributed by atoms with Crippen LogP contribution in [-0.4, -0.2) is 12.4 Å². The second kappa shape index (κ2) is 7.99. The smallest absolute Gasteiger partial charge is 0.185 e. The van der Waals surface area contributed by atoms with E-state index >= 15 is 0 Å². The summed E-state index contributed by atoms with van der Waals surface area (Å²) in [6.45, 7) is 4.66. The maximum absolute atomic E-state index is 12.0. The average molecular weight is 292 g/mol. The molecule has 2 heteroatoms. The van der Waals surface area contributed by atoms with Crippen molar-refractivity contribution in [1.82, 2.24) is 0 Å². The zero-order valence-electron chi connectivity index (χ0n) is 13.0. The molecule has 0 saturated carbocycles. The van der Waals surface area contributed by atoms with E-state index in [0.29, 0.717) is 12.2 Å². The topological polar surface area (TPSA) is 26.3 Å². The fourth-order valence-electron chi connectivity index (χ4n) is 1.85. The summed E-state index contributed by atoms with van der Waals surface area (Å²) in [6.07, 6.45) is 5.44. The minimum atomic E-state index is 0.00415. The number of benzene rings is 2. The van der Waals surface area contributed by atoms with Crippen LogP contribution in [0.25, 0.3) is 6.08 Å². The van der Waals surface area contributed by atoms with Gasteiger partial charge >= 0.3 is 0 Å². The first-order valence-corrected chi connectivity index (χ1v) is 7.29. The molecule has 112 valence electrons. The third-order valence-electron chi connectivity index (χ3n) is 3.11. The Balaban J connectivity index is 1.95. The highest BCUT2D eigenvalue weighted by Gasteiger charge is 1.99. The lowest BCUT2D eigenvalue weighted by Crippen LogP contribution is -1.94. The van der Waals surface area contributed by atoms with Crippen LogP contribution in [0.5, 0.6) is 5.75 Å². The largest absolute Gasteiger partial charge is 0.490 e. The fourth-order valence-corrected chi connectivity index (χ4v) is 1.85. The number of rotatable bonds is 6. The van der Waals surface area contributed by atoms with Gasteiger partial charge in [-0.3, -0.25) is 4.79 Å². The van der Waals surface area contributed by atoms with Gasteiger partial charge in [0.05, 0.1) is 0 Å². The van der Waals surface area contributed by atoms with Crippen molar-refractivity contribution < 1.29 is 9.53 Å².